The molecule has 1 aliphatic rings. The van der Waals surface area contributed by atoms with Crippen LogP contribution in [0.2, 0.25) is 0 Å². The Labute approximate surface area is 146 Å². The number of rotatable bonds is 5. The van der Waals surface area contributed by atoms with Crippen LogP contribution in [-0.4, -0.2) is 53.9 Å². The minimum atomic E-state index is -0.519. The molecule has 2 rings (SSSR count). The van der Waals surface area contributed by atoms with Crippen LogP contribution < -0.4 is 10.6 Å². The second-order valence-electron chi connectivity index (χ2n) is 5.45. The Morgan fingerprint density at radius 2 is 2.04 bits per heavy atom. The zero-order valence-corrected chi connectivity index (χ0v) is 14.2. The summed E-state index contributed by atoms with van der Waals surface area (Å²) in [5, 5.41) is 16.4. The van der Waals surface area contributed by atoms with Gasteiger partial charge in [-0.05, 0) is 19.1 Å². The van der Waals surface area contributed by atoms with Crippen LogP contribution in [0.25, 0.3) is 0 Å². The van der Waals surface area contributed by atoms with E-state index in [-0.39, 0.29) is 48.9 Å². The van der Waals surface area contributed by atoms with Gasteiger partial charge in [-0.2, -0.15) is 0 Å². The summed E-state index contributed by atoms with van der Waals surface area (Å²) < 4.78 is 0. The van der Waals surface area contributed by atoms with Crippen molar-refractivity contribution in [2.24, 2.45) is 0 Å². The third-order valence-corrected chi connectivity index (χ3v) is 3.79. The highest BCUT2D eigenvalue weighted by atomic mass is 35.5. The van der Waals surface area contributed by atoms with E-state index in [2.05, 4.69) is 10.6 Å². The molecule has 0 spiro atoms. The molecule has 1 aliphatic heterocycles. The summed E-state index contributed by atoms with van der Waals surface area (Å²) in [5.74, 6) is -0.330. The lowest BCUT2D eigenvalue weighted by Gasteiger charge is -2.34. The summed E-state index contributed by atoms with van der Waals surface area (Å²) in [5.41, 5.74) is 0.267. The summed E-state index contributed by atoms with van der Waals surface area (Å²) in [6, 6.07) is 5.51. The number of non-ortho nitro benzene ring substituents is 1. The van der Waals surface area contributed by atoms with E-state index in [1.54, 1.807) is 0 Å². The number of amides is 2. The van der Waals surface area contributed by atoms with Crippen LogP contribution >= 0.6 is 12.4 Å². The van der Waals surface area contributed by atoms with Gasteiger partial charge >= 0.3 is 0 Å². The number of hydrogen-bond acceptors (Lipinski definition) is 5. The summed E-state index contributed by atoms with van der Waals surface area (Å²) in [6.07, 6.45) is 0.239. The van der Waals surface area contributed by atoms with Crippen molar-refractivity contribution in [2.75, 3.05) is 26.2 Å². The lowest BCUT2D eigenvalue weighted by molar-refractivity contribution is -0.384. The summed E-state index contributed by atoms with van der Waals surface area (Å²) in [4.78, 5) is 35.9. The molecule has 0 bridgehead atoms. The van der Waals surface area contributed by atoms with E-state index in [0.717, 1.165) is 13.1 Å². The summed E-state index contributed by atoms with van der Waals surface area (Å²) in [6.45, 7) is 4.47. The Morgan fingerprint density at radius 1 is 1.38 bits per heavy atom. The number of carbonyl (C=O) groups is 2. The van der Waals surface area contributed by atoms with Gasteiger partial charge in [0.2, 0.25) is 5.91 Å². The molecule has 1 aromatic rings. The summed E-state index contributed by atoms with van der Waals surface area (Å²) in [7, 11) is 0. The number of benzene rings is 1. The van der Waals surface area contributed by atoms with E-state index in [4.69, 9.17) is 0 Å². The quantitative estimate of drug-likeness (QED) is 0.604. The fraction of sp³-hybridized carbons (Fsp3) is 0.467. The molecule has 2 N–H and O–H groups in total. The number of hydrogen-bond donors (Lipinski definition) is 2. The molecule has 0 radical (unpaired) electrons. The Hall–Kier alpha value is -2.19. The number of nitrogens with zero attached hydrogens (tertiary/aromatic N) is 2. The zero-order valence-electron chi connectivity index (χ0n) is 13.4. The van der Waals surface area contributed by atoms with Gasteiger partial charge in [0.05, 0.1) is 4.92 Å². The standard InChI is InChI=1S/C15H20N4O4.ClH/c1-11-10-16-8-9-18(11)14(20)6-7-17-15(21)12-2-4-13(5-3-12)19(22)23;/h2-5,11,16H,6-10H2,1H3,(H,17,21);1H/t11-;/m0./s1. The maximum absolute atomic E-state index is 12.1. The largest absolute Gasteiger partial charge is 0.352 e. The van der Waals surface area contributed by atoms with Crippen molar-refractivity contribution in [1.82, 2.24) is 15.5 Å². The topological polar surface area (TPSA) is 105 Å². The number of nitro groups is 1. The van der Waals surface area contributed by atoms with Crippen molar-refractivity contribution >= 4 is 29.9 Å². The van der Waals surface area contributed by atoms with Gasteiger partial charge in [-0.1, -0.05) is 0 Å². The monoisotopic (exact) mass is 356 g/mol. The van der Waals surface area contributed by atoms with Crippen LogP contribution in [-0.2, 0) is 4.79 Å². The van der Waals surface area contributed by atoms with Gasteiger partial charge in [-0.3, -0.25) is 19.7 Å². The van der Waals surface area contributed by atoms with Crippen LogP contribution in [0.4, 0.5) is 5.69 Å². The fourth-order valence-corrected chi connectivity index (χ4v) is 2.47. The molecular weight excluding hydrogens is 336 g/mol. The number of carbonyl (C=O) groups excluding carboxylic acids is 2. The van der Waals surface area contributed by atoms with Crippen LogP contribution in [0.5, 0.6) is 0 Å². The van der Waals surface area contributed by atoms with E-state index in [9.17, 15) is 19.7 Å². The van der Waals surface area contributed by atoms with Gasteiger partial charge in [0.1, 0.15) is 0 Å². The minimum Gasteiger partial charge on any atom is -0.352 e. The molecule has 9 heteroatoms. The van der Waals surface area contributed by atoms with Crippen molar-refractivity contribution in [1.29, 1.82) is 0 Å². The molecule has 132 valence electrons. The smallest absolute Gasteiger partial charge is 0.269 e. The normalized spacial score (nSPS) is 16.9. The summed E-state index contributed by atoms with van der Waals surface area (Å²) >= 11 is 0. The van der Waals surface area contributed by atoms with Gasteiger partial charge < -0.3 is 15.5 Å². The number of halogens is 1. The van der Waals surface area contributed by atoms with Gasteiger partial charge in [0.15, 0.2) is 0 Å². The van der Waals surface area contributed by atoms with Crippen LogP contribution in [0.3, 0.4) is 0 Å². The molecule has 1 saturated heterocycles. The molecule has 1 aromatic carbocycles. The van der Waals surface area contributed by atoms with Crippen molar-refractivity contribution in [3.8, 4) is 0 Å². The highest BCUT2D eigenvalue weighted by Gasteiger charge is 2.22. The maximum atomic E-state index is 12.1. The third kappa shape index (κ3) is 5.17. The van der Waals surface area contributed by atoms with Crippen LogP contribution in [0, 0.1) is 10.1 Å². The lowest BCUT2D eigenvalue weighted by atomic mass is 10.2. The minimum absolute atomic E-state index is 0. The second-order valence-corrected chi connectivity index (χ2v) is 5.45. The van der Waals surface area contributed by atoms with Gasteiger partial charge in [0.25, 0.3) is 11.6 Å². The first-order chi connectivity index (χ1) is 11.0. The molecule has 0 aromatic heterocycles. The highest BCUT2D eigenvalue weighted by Crippen LogP contribution is 2.11. The predicted molar refractivity (Wildman–Crippen MR) is 91.3 cm³/mol. The molecule has 2 amide bonds. The number of nitro benzene ring substituents is 1. The average molecular weight is 357 g/mol. The van der Waals surface area contributed by atoms with Crippen LogP contribution in [0.15, 0.2) is 24.3 Å². The van der Waals surface area contributed by atoms with Crippen molar-refractivity contribution in [3.63, 3.8) is 0 Å². The van der Waals surface area contributed by atoms with Crippen molar-refractivity contribution < 1.29 is 14.5 Å². The Kier molecular flexibility index (Phi) is 7.60. The van der Waals surface area contributed by atoms with Gasteiger partial charge in [-0.25, -0.2) is 0 Å². The molecule has 1 fully saturated rings. The molecule has 0 unspecified atom stereocenters. The Balaban J connectivity index is 0.00000288. The predicted octanol–water partition coefficient (Wildman–Crippen LogP) is 0.957. The van der Waals surface area contributed by atoms with Crippen LogP contribution in [0.1, 0.15) is 23.7 Å². The second kappa shape index (κ2) is 9.19. The third-order valence-electron chi connectivity index (χ3n) is 3.79. The van der Waals surface area contributed by atoms with Gasteiger partial charge in [0, 0.05) is 56.3 Å². The first kappa shape index (κ1) is 19.9. The van der Waals surface area contributed by atoms with E-state index in [0.29, 0.717) is 12.1 Å². The molecule has 1 atom stereocenters. The van der Waals surface area contributed by atoms with E-state index in [1.807, 2.05) is 11.8 Å². The Bertz CT molecular complexity index is 594. The first-order valence-corrected chi connectivity index (χ1v) is 7.52. The first-order valence-electron chi connectivity index (χ1n) is 7.52. The average Bonchev–Trinajstić information content (AvgIpc) is 2.55. The van der Waals surface area contributed by atoms with Crippen molar-refractivity contribution in [3.05, 3.63) is 39.9 Å². The molecule has 8 nitrogen and oxygen atoms in total. The molecule has 24 heavy (non-hydrogen) atoms. The molecule has 1 heterocycles. The maximum Gasteiger partial charge on any atom is 0.269 e. The van der Waals surface area contributed by atoms with E-state index in [1.165, 1.54) is 24.3 Å². The Morgan fingerprint density at radius 3 is 2.62 bits per heavy atom. The highest BCUT2D eigenvalue weighted by molar-refractivity contribution is 5.94. The zero-order chi connectivity index (χ0) is 16.8. The van der Waals surface area contributed by atoms with Gasteiger partial charge in [-0.15, -0.1) is 12.4 Å². The van der Waals surface area contributed by atoms with E-state index >= 15 is 0 Å². The number of nitrogens with one attached hydrogen (secondary N) is 2. The molecule has 0 saturated carbocycles. The SMILES string of the molecule is C[C@H]1CNCCN1C(=O)CCNC(=O)c1ccc([N+](=O)[O-])cc1.Cl. The van der Waals surface area contributed by atoms with Crippen molar-refractivity contribution in [2.45, 2.75) is 19.4 Å². The molecular formula is C15H21ClN4O4. The van der Waals surface area contributed by atoms with E-state index < -0.39 is 4.92 Å². The fourth-order valence-electron chi connectivity index (χ4n) is 2.47. The lowest BCUT2D eigenvalue weighted by Crippen LogP contribution is -2.52. The molecule has 0 aliphatic carbocycles. The number of piperazine rings is 1.